The Bertz CT molecular complexity index is 413. The lowest BCUT2D eigenvalue weighted by Gasteiger charge is -2.07. The zero-order valence-corrected chi connectivity index (χ0v) is 11.0. The van der Waals surface area contributed by atoms with E-state index in [9.17, 15) is 14.5 Å². The van der Waals surface area contributed by atoms with E-state index in [-0.39, 0.29) is 5.69 Å². The molecule has 1 N–H and O–H groups in total. The summed E-state index contributed by atoms with van der Waals surface area (Å²) in [5.74, 6) is -0.615. The molecular formula is C13H19FN2O3. The second-order valence-corrected chi connectivity index (χ2v) is 4.20. The summed E-state index contributed by atoms with van der Waals surface area (Å²) in [6.07, 6.45) is 2.92. The van der Waals surface area contributed by atoms with Gasteiger partial charge in [0.05, 0.1) is 11.0 Å². The lowest BCUT2D eigenvalue weighted by molar-refractivity contribution is -0.385. The van der Waals surface area contributed by atoms with Gasteiger partial charge in [-0.15, -0.1) is 0 Å². The van der Waals surface area contributed by atoms with E-state index in [1.165, 1.54) is 12.1 Å². The van der Waals surface area contributed by atoms with Crippen LogP contribution in [0.4, 0.5) is 15.8 Å². The van der Waals surface area contributed by atoms with Crippen LogP contribution in [0.2, 0.25) is 0 Å². The largest absolute Gasteiger partial charge is 0.385 e. The normalized spacial score (nSPS) is 10.4. The molecule has 0 spiro atoms. The molecule has 0 heterocycles. The molecule has 0 unspecified atom stereocenters. The van der Waals surface area contributed by atoms with Gasteiger partial charge in [0.25, 0.3) is 5.69 Å². The van der Waals surface area contributed by atoms with Crippen molar-refractivity contribution in [2.75, 3.05) is 25.1 Å². The topological polar surface area (TPSA) is 64.4 Å². The molecule has 1 aromatic rings. The van der Waals surface area contributed by atoms with Crippen molar-refractivity contribution in [1.82, 2.24) is 0 Å². The summed E-state index contributed by atoms with van der Waals surface area (Å²) in [6.45, 7) is 4.07. The molecule has 0 aromatic heterocycles. The molecule has 0 saturated heterocycles. The van der Waals surface area contributed by atoms with Crippen molar-refractivity contribution in [3.05, 3.63) is 34.1 Å². The number of nitrogens with one attached hydrogen (secondary N) is 1. The first-order valence-corrected chi connectivity index (χ1v) is 6.40. The number of anilines is 1. The zero-order valence-electron chi connectivity index (χ0n) is 11.0. The van der Waals surface area contributed by atoms with Gasteiger partial charge in [0.1, 0.15) is 5.82 Å². The quantitative estimate of drug-likeness (QED) is 0.424. The summed E-state index contributed by atoms with van der Waals surface area (Å²) in [6, 6.07) is 3.46. The van der Waals surface area contributed by atoms with Gasteiger partial charge in [-0.2, -0.15) is 0 Å². The fourth-order valence-corrected chi connectivity index (χ4v) is 1.54. The number of nitrogens with zero attached hydrogens (tertiary/aromatic N) is 1. The standard InChI is InChI=1S/C13H19FN2O3/c1-2-3-6-19-7-4-5-15-12-8-11(14)9-13(10-12)16(17)18/h8-10,15H,2-7H2,1H3. The molecule has 0 bridgehead atoms. The molecule has 5 nitrogen and oxygen atoms in total. The van der Waals surface area contributed by atoms with Crippen molar-refractivity contribution in [2.45, 2.75) is 26.2 Å². The van der Waals surface area contributed by atoms with E-state index >= 15 is 0 Å². The molecule has 0 saturated carbocycles. The molecule has 0 aliphatic carbocycles. The van der Waals surface area contributed by atoms with Crippen LogP contribution in [0.25, 0.3) is 0 Å². The maximum atomic E-state index is 13.1. The number of unbranched alkanes of at least 4 members (excludes halogenated alkanes) is 1. The predicted molar refractivity (Wildman–Crippen MR) is 71.9 cm³/mol. The van der Waals surface area contributed by atoms with Crippen LogP contribution in [0.1, 0.15) is 26.2 Å². The summed E-state index contributed by atoms with van der Waals surface area (Å²) in [7, 11) is 0. The van der Waals surface area contributed by atoms with Crippen molar-refractivity contribution in [1.29, 1.82) is 0 Å². The van der Waals surface area contributed by atoms with Crippen molar-refractivity contribution in [3.63, 3.8) is 0 Å². The minimum atomic E-state index is -0.615. The molecular weight excluding hydrogens is 251 g/mol. The summed E-state index contributed by atoms with van der Waals surface area (Å²) in [5, 5.41) is 13.5. The predicted octanol–water partition coefficient (Wildman–Crippen LogP) is 3.35. The third kappa shape index (κ3) is 6.15. The van der Waals surface area contributed by atoms with Crippen LogP contribution in [0.3, 0.4) is 0 Å². The fourth-order valence-electron chi connectivity index (χ4n) is 1.54. The molecule has 106 valence electrons. The number of rotatable bonds is 9. The molecule has 0 radical (unpaired) electrons. The van der Waals surface area contributed by atoms with E-state index in [1.54, 1.807) is 0 Å². The Morgan fingerprint density at radius 2 is 2.05 bits per heavy atom. The Balaban J connectivity index is 2.31. The van der Waals surface area contributed by atoms with Gasteiger partial charge in [0.2, 0.25) is 0 Å². The van der Waals surface area contributed by atoms with Crippen LogP contribution in [0.15, 0.2) is 18.2 Å². The smallest absolute Gasteiger partial charge is 0.274 e. The Hall–Kier alpha value is -1.69. The Labute approximate surface area is 111 Å². The summed E-state index contributed by atoms with van der Waals surface area (Å²) in [4.78, 5) is 9.96. The van der Waals surface area contributed by atoms with Crippen LogP contribution in [0.5, 0.6) is 0 Å². The van der Waals surface area contributed by atoms with Gasteiger partial charge in [-0.05, 0) is 18.9 Å². The van der Waals surface area contributed by atoms with Crippen molar-refractivity contribution >= 4 is 11.4 Å². The maximum absolute atomic E-state index is 13.1. The number of hydrogen-bond acceptors (Lipinski definition) is 4. The monoisotopic (exact) mass is 270 g/mol. The number of non-ortho nitro benzene ring substituents is 1. The van der Waals surface area contributed by atoms with Gasteiger partial charge < -0.3 is 10.1 Å². The molecule has 6 heteroatoms. The highest BCUT2D eigenvalue weighted by Crippen LogP contribution is 2.19. The maximum Gasteiger partial charge on any atom is 0.274 e. The van der Waals surface area contributed by atoms with E-state index in [4.69, 9.17) is 4.74 Å². The highest BCUT2D eigenvalue weighted by molar-refractivity contribution is 5.51. The lowest BCUT2D eigenvalue weighted by atomic mass is 10.2. The third-order valence-electron chi connectivity index (χ3n) is 2.53. The van der Waals surface area contributed by atoms with Crippen molar-refractivity contribution < 1.29 is 14.1 Å². The molecule has 0 aliphatic rings. The Kier molecular flexibility index (Phi) is 6.81. The molecule has 0 fully saturated rings. The van der Waals surface area contributed by atoms with Gasteiger partial charge in [0.15, 0.2) is 0 Å². The Morgan fingerprint density at radius 3 is 2.74 bits per heavy atom. The van der Waals surface area contributed by atoms with Gasteiger partial charge in [-0.3, -0.25) is 10.1 Å². The minimum Gasteiger partial charge on any atom is -0.385 e. The zero-order chi connectivity index (χ0) is 14.1. The van der Waals surface area contributed by atoms with Gasteiger partial charge in [-0.1, -0.05) is 13.3 Å². The number of halogens is 1. The molecule has 1 aromatic carbocycles. The first kappa shape index (κ1) is 15.4. The van der Waals surface area contributed by atoms with Crippen molar-refractivity contribution in [3.8, 4) is 0 Å². The minimum absolute atomic E-state index is 0.248. The van der Waals surface area contributed by atoms with Gasteiger partial charge in [-0.25, -0.2) is 4.39 Å². The molecule has 19 heavy (non-hydrogen) atoms. The highest BCUT2D eigenvalue weighted by atomic mass is 19.1. The summed E-state index contributed by atoms with van der Waals surface area (Å²) >= 11 is 0. The first-order valence-electron chi connectivity index (χ1n) is 6.40. The lowest BCUT2D eigenvalue weighted by Crippen LogP contribution is -2.06. The van der Waals surface area contributed by atoms with Crippen LogP contribution >= 0.6 is 0 Å². The van der Waals surface area contributed by atoms with Gasteiger partial charge >= 0.3 is 0 Å². The number of ether oxygens (including phenoxy) is 1. The molecule has 1 rings (SSSR count). The van der Waals surface area contributed by atoms with E-state index in [2.05, 4.69) is 12.2 Å². The van der Waals surface area contributed by atoms with Crippen LogP contribution in [-0.2, 0) is 4.74 Å². The summed E-state index contributed by atoms with van der Waals surface area (Å²) < 4.78 is 18.5. The second kappa shape index (κ2) is 8.42. The summed E-state index contributed by atoms with van der Waals surface area (Å²) in [5.41, 5.74) is 0.168. The van der Waals surface area contributed by atoms with Crippen LogP contribution in [0, 0.1) is 15.9 Å². The van der Waals surface area contributed by atoms with Crippen LogP contribution in [-0.4, -0.2) is 24.7 Å². The van der Waals surface area contributed by atoms with E-state index in [0.717, 1.165) is 31.9 Å². The number of nitro groups is 1. The number of hydrogen-bond donors (Lipinski definition) is 1. The van der Waals surface area contributed by atoms with E-state index in [0.29, 0.717) is 18.8 Å². The molecule has 0 amide bonds. The van der Waals surface area contributed by atoms with Crippen LogP contribution < -0.4 is 5.32 Å². The fraction of sp³-hybridized carbons (Fsp3) is 0.538. The third-order valence-corrected chi connectivity index (χ3v) is 2.53. The molecule has 0 atom stereocenters. The highest BCUT2D eigenvalue weighted by Gasteiger charge is 2.09. The van der Waals surface area contributed by atoms with E-state index < -0.39 is 10.7 Å². The first-order chi connectivity index (χ1) is 9.13. The molecule has 0 aliphatic heterocycles. The SMILES string of the molecule is CCCCOCCCNc1cc(F)cc([N+](=O)[O-])c1. The average Bonchev–Trinajstić information content (AvgIpc) is 2.37. The average molecular weight is 270 g/mol. The number of nitro benzene ring substituents is 1. The number of benzene rings is 1. The van der Waals surface area contributed by atoms with Gasteiger partial charge in [0, 0.05) is 31.5 Å². The Morgan fingerprint density at radius 1 is 1.32 bits per heavy atom. The second-order valence-electron chi connectivity index (χ2n) is 4.20. The van der Waals surface area contributed by atoms with Crippen molar-refractivity contribution in [2.24, 2.45) is 0 Å². The van der Waals surface area contributed by atoms with E-state index in [1.807, 2.05) is 0 Å².